The summed E-state index contributed by atoms with van der Waals surface area (Å²) >= 11 is 0. The minimum atomic E-state index is 0.253. The minimum absolute atomic E-state index is 0.253. The second-order valence-electron chi connectivity index (χ2n) is 4.57. The zero-order valence-electron chi connectivity index (χ0n) is 11.2. The maximum absolute atomic E-state index is 5.72. The van der Waals surface area contributed by atoms with Crippen molar-refractivity contribution in [3.8, 4) is 5.75 Å². The second kappa shape index (κ2) is 6.22. The number of hydrogen-bond acceptors (Lipinski definition) is 2. The Bertz CT molecular complexity index is 672. The Balaban J connectivity index is 1.60. The van der Waals surface area contributed by atoms with Crippen molar-refractivity contribution in [1.29, 1.82) is 0 Å². The minimum Gasteiger partial charge on any atom is -0.467 e. The molecule has 0 aliphatic heterocycles. The molecule has 0 heterocycles. The number of ether oxygens (including phenoxy) is 2. The smallest absolute Gasteiger partial charge is 0.189 e. The van der Waals surface area contributed by atoms with Crippen LogP contribution in [0.3, 0.4) is 0 Å². The van der Waals surface area contributed by atoms with E-state index in [4.69, 9.17) is 9.47 Å². The first-order valence-corrected chi connectivity index (χ1v) is 6.66. The summed E-state index contributed by atoms with van der Waals surface area (Å²) in [6, 6.07) is 24.3. The van der Waals surface area contributed by atoms with E-state index in [2.05, 4.69) is 18.2 Å². The number of benzene rings is 3. The molecular formula is C18H16O2. The van der Waals surface area contributed by atoms with Gasteiger partial charge in [-0.1, -0.05) is 66.7 Å². The summed E-state index contributed by atoms with van der Waals surface area (Å²) < 4.78 is 11.3. The molecule has 0 amide bonds. The van der Waals surface area contributed by atoms with Crippen LogP contribution in [-0.2, 0) is 11.3 Å². The van der Waals surface area contributed by atoms with Gasteiger partial charge in [-0.05, 0) is 17.0 Å². The van der Waals surface area contributed by atoms with Crippen molar-refractivity contribution in [2.24, 2.45) is 0 Å². The van der Waals surface area contributed by atoms with Crippen LogP contribution < -0.4 is 4.74 Å². The predicted octanol–water partition coefficient (Wildman–Crippen LogP) is 4.39. The topological polar surface area (TPSA) is 18.5 Å². The van der Waals surface area contributed by atoms with Gasteiger partial charge in [0.05, 0.1) is 6.61 Å². The van der Waals surface area contributed by atoms with E-state index in [1.807, 2.05) is 54.6 Å². The van der Waals surface area contributed by atoms with E-state index in [1.54, 1.807) is 0 Å². The largest absolute Gasteiger partial charge is 0.467 e. The molecule has 3 aromatic carbocycles. The van der Waals surface area contributed by atoms with Crippen LogP contribution in [0.15, 0.2) is 72.8 Å². The van der Waals surface area contributed by atoms with Crippen molar-refractivity contribution < 1.29 is 9.47 Å². The van der Waals surface area contributed by atoms with Gasteiger partial charge in [-0.15, -0.1) is 0 Å². The van der Waals surface area contributed by atoms with Crippen LogP contribution >= 0.6 is 0 Å². The maximum atomic E-state index is 5.72. The highest BCUT2D eigenvalue weighted by Crippen LogP contribution is 2.25. The van der Waals surface area contributed by atoms with E-state index >= 15 is 0 Å². The van der Waals surface area contributed by atoms with Crippen LogP contribution in [0.2, 0.25) is 0 Å². The van der Waals surface area contributed by atoms with Gasteiger partial charge in [-0.3, -0.25) is 0 Å². The quantitative estimate of drug-likeness (QED) is 0.502. The summed E-state index contributed by atoms with van der Waals surface area (Å²) in [6.07, 6.45) is 0. The molecule has 0 bridgehead atoms. The molecule has 0 spiro atoms. The van der Waals surface area contributed by atoms with Gasteiger partial charge in [0.25, 0.3) is 0 Å². The first kappa shape index (κ1) is 12.7. The van der Waals surface area contributed by atoms with Crippen LogP contribution in [0.4, 0.5) is 0 Å². The fourth-order valence-corrected chi connectivity index (χ4v) is 2.16. The summed E-state index contributed by atoms with van der Waals surface area (Å²) in [5, 5.41) is 2.28. The van der Waals surface area contributed by atoms with Gasteiger partial charge in [0.1, 0.15) is 5.75 Å². The Morgan fingerprint density at radius 1 is 0.700 bits per heavy atom. The average molecular weight is 264 g/mol. The molecule has 0 N–H and O–H groups in total. The third kappa shape index (κ3) is 2.98. The van der Waals surface area contributed by atoms with E-state index in [9.17, 15) is 0 Å². The van der Waals surface area contributed by atoms with Crippen LogP contribution in [0, 0.1) is 0 Å². The highest BCUT2D eigenvalue weighted by atomic mass is 16.7. The van der Waals surface area contributed by atoms with E-state index in [-0.39, 0.29) is 6.79 Å². The lowest BCUT2D eigenvalue weighted by Crippen LogP contribution is -2.03. The van der Waals surface area contributed by atoms with Crippen molar-refractivity contribution in [2.75, 3.05) is 6.79 Å². The Kier molecular flexibility index (Phi) is 3.95. The van der Waals surface area contributed by atoms with Crippen molar-refractivity contribution in [1.82, 2.24) is 0 Å². The SMILES string of the molecule is c1ccc(COCOc2cccc3ccccc23)cc1. The number of rotatable bonds is 5. The fourth-order valence-electron chi connectivity index (χ4n) is 2.16. The molecule has 0 saturated heterocycles. The summed E-state index contributed by atoms with van der Waals surface area (Å²) in [7, 11) is 0. The van der Waals surface area contributed by atoms with E-state index < -0.39 is 0 Å². The highest BCUT2D eigenvalue weighted by Gasteiger charge is 2.00. The summed E-state index contributed by atoms with van der Waals surface area (Å²) in [5.74, 6) is 0.858. The van der Waals surface area contributed by atoms with Gasteiger partial charge in [0, 0.05) is 5.39 Å². The molecule has 0 radical (unpaired) electrons. The Morgan fingerprint density at radius 2 is 1.45 bits per heavy atom. The molecule has 3 aromatic rings. The molecule has 3 rings (SSSR count). The molecule has 0 fully saturated rings. The molecule has 2 heteroatoms. The Morgan fingerprint density at radius 3 is 2.35 bits per heavy atom. The molecule has 0 aliphatic rings. The summed E-state index contributed by atoms with van der Waals surface area (Å²) in [6.45, 7) is 0.814. The molecule has 0 aliphatic carbocycles. The monoisotopic (exact) mass is 264 g/mol. The second-order valence-corrected chi connectivity index (χ2v) is 4.57. The van der Waals surface area contributed by atoms with Gasteiger partial charge >= 0.3 is 0 Å². The predicted molar refractivity (Wildman–Crippen MR) is 80.7 cm³/mol. The Labute approximate surface area is 118 Å². The van der Waals surface area contributed by atoms with Crippen molar-refractivity contribution in [2.45, 2.75) is 6.61 Å². The van der Waals surface area contributed by atoms with Crippen LogP contribution in [-0.4, -0.2) is 6.79 Å². The molecule has 0 aromatic heterocycles. The molecular weight excluding hydrogens is 248 g/mol. The molecule has 100 valence electrons. The van der Waals surface area contributed by atoms with Gasteiger partial charge in [-0.25, -0.2) is 0 Å². The number of hydrogen-bond donors (Lipinski definition) is 0. The van der Waals surface area contributed by atoms with Crippen molar-refractivity contribution >= 4 is 10.8 Å². The van der Waals surface area contributed by atoms with Gasteiger partial charge in [0.2, 0.25) is 0 Å². The van der Waals surface area contributed by atoms with Crippen molar-refractivity contribution in [3.63, 3.8) is 0 Å². The molecule has 20 heavy (non-hydrogen) atoms. The van der Waals surface area contributed by atoms with Crippen LogP contribution in [0.5, 0.6) is 5.75 Å². The normalized spacial score (nSPS) is 10.6. The summed E-state index contributed by atoms with van der Waals surface area (Å²) in [4.78, 5) is 0. The van der Waals surface area contributed by atoms with E-state index in [0.717, 1.165) is 16.7 Å². The first-order chi connectivity index (χ1) is 9.93. The van der Waals surface area contributed by atoms with Crippen molar-refractivity contribution in [3.05, 3.63) is 78.4 Å². The molecule has 0 unspecified atom stereocenters. The molecule has 0 atom stereocenters. The molecule has 0 saturated carbocycles. The average Bonchev–Trinajstić information content (AvgIpc) is 2.53. The zero-order chi connectivity index (χ0) is 13.6. The van der Waals surface area contributed by atoms with Crippen LogP contribution in [0.25, 0.3) is 10.8 Å². The van der Waals surface area contributed by atoms with E-state index in [0.29, 0.717) is 6.61 Å². The lowest BCUT2D eigenvalue weighted by atomic mass is 10.1. The van der Waals surface area contributed by atoms with Gasteiger partial charge in [-0.2, -0.15) is 0 Å². The van der Waals surface area contributed by atoms with E-state index in [1.165, 1.54) is 5.39 Å². The lowest BCUT2D eigenvalue weighted by Gasteiger charge is -2.09. The Hall–Kier alpha value is -2.32. The highest BCUT2D eigenvalue weighted by molar-refractivity contribution is 5.88. The standard InChI is InChI=1S/C18H16O2/c1-2-7-15(8-3-1)13-19-14-20-18-12-6-10-16-9-4-5-11-17(16)18/h1-12H,13-14H2. The van der Waals surface area contributed by atoms with Crippen LogP contribution in [0.1, 0.15) is 5.56 Å². The van der Waals surface area contributed by atoms with Gasteiger partial charge < -0.3 is 9.47 Å². The first-order valence-electron chi connectivity index (χ1n) is 6.66. The third-order valence-electron chi connectivity index (χ3n) is 3.16. The summed E-state index contributed by atoms with van der Waals surface area (Å²) in [5.41, 5.74) is 1.15. The molecule has 2 nitrogen and oxygen atoms in total. The van der Waals surface area contributed by atoms with Gasteiger partial charge in [0.15, 0.2) is 6.79 Å². The fraction of sp³-hybridized carbons (Fsp3) is 0.111. The third-order valence-corrected chi connectivity index (χ3v) is 3.16. The lowest BCUT2D eigenvalue weighted by molar-refractivity contribution is 0.00589. The maximum Gasteiger partial charge on any atom is 0.189 e. The number of fused-ring (bicyclic) bond motifs is 1. The zero-order valence-corrected chi connectivity index (χ0v) is 11.2.